The van der Waals surface area contributed by atoms with Crippen LogP contribution in [-0.4, -0.2) is 140 Å². The highest BCUT2D eigenvalue weighted by Gasteiger charge is 2.43. The van der Waals surface area contributed by atoms with Crippen molar-refractivity contribution in [1.29, 1.82) is 0 Å². The maximum Gasteiger partial charge on any atom is 0.412 e. The Kier molecular flexibility index (Phi) is 22.4. The lowest BCUT2D eigenvalue weighted by Crippen LogP contribution is -2.59. The number of amides is 6. The molecular weight excluding hydrogens is 867 g/mol. The Balaban J connectivity index is 1.77. The summed E-state index contributed by atoms with van der Waals surface area (Å²) in [5, 5.41) is 11.7. The number of benzene rings is 2. The van der Waals surface area contributed by atoms with Crippen LogP contribution in [-0.2, 0) is 51.1 Å². The van der Waals surface area contributed by atoms with Crippen LogP contribution in [0, 0.1) is 23.7 Å². The normalized spacial score (nSPS) is 17.6. The molecule has 68 heavy (non-hydrogen) atoms. The zero-order valence-corrected chi connectivity index (χ0v) is 43.5. The Morgan fingerprint density at radius 2 is 1.43 bits per heavy atom. The molecule has 1 saturated heterocycles. The fraction of sp³-hybridized carbons (Fsp3) is 0.654. The van der Waals surface area contributed by atoms with Gasteiger partial charge in [0.1, 0.15) is 17.7 Å². The van der Waals surface area contributed by atoms with Crippen LogP contribution in [0.15, 0.2) is 54.6 Å². The summed E-state index contributed by atoms with van der Waals surface area (Å²) < 4.78 is 17.4. The first kappa shape index (κ1) is 57.3. The monoisotopic (exact) mass is 950 g/mol. The summed E-state index contributed by atoms with van der Waals surface area (Å²) >= 11 is 0. The van der Waals surface area contributed by atoms with Crippen molar-refractivity contribution in [3.05, 3.63) is 65.7 Å². The molecule has 1 aliphatic rings. The van der Waals surface area contributed by atoms with E-state index in [0.29, 0.717) is 31.5 Å². The topological polar surface area (TPSA) is 188 Å². The summed E-state index contributed by atoms with van der Waals surface area (Å²) in [7, 11) is 8.50. The molecule has 2 aromatic carbocycles. The highest BCUT2D eigenvalue weighted by molar-refractivity contribution is 5.91. The number of hydrogen-bond acceptors (Lipinski definition) is 10. The molecule has 6 amide bonds. The van der Waals surface area contributed by atoms with Crippen LogP contribution >= 0.6 is 0 Å². The Morgan fingerprint density at radius 3 is 1.96 bits per heavy atom. The first-order valence-corrected chi connectivity index (χ1v) is 24.2. The lowest BCUT2D eigenvalue weighted by atomic mass is 9.89. The molecule has 0 spiro atoms. The molecule has 0 radical (unpaired) electrons. The summed E-state index contributed by atoms with van der Waals surface area (Å²) in [5.74, 6) is -2.42. The van der Waals surface area contributed by atoms with E-state index in [4.69, 9.17) is 14.2 Å². The molecule has 9 atom stereocenters. The number of likely N-dealkylation sites (N-methyl/N-ethyl adjacent to an activating group) is 2. The van der Waals surface area contributed by atoms with Gasteiger partial charge in [-0.1, -0.05) is 97.4 Å². The molecular formula is C52H83N7O9. The van der Waals surface area contributed by atoms with E-state index < -0.39 is 65.9 Å². The highest BCUT2D eigenvalue weighted by Crippen LogP contribution is 2.30. The van der Waals surface area contributed by atoms with Gasteiger partial charge in [0.15, 0.2) is 0 Å². The average Bonchev–Trinajstić information content (AvgIpc) is 3.76. The van der Waals surface area contributed by atoms with E-state index in [2.05, 4.69) is 21.3 Å². The van der Waals surface area contributed by atoms with Gasteiger partial charge in [0.25, 0.3) is 0 Å². The Hall–Kier alpha value is -5.06. The molecule has 3 rings (SSSR count). The van der Waals surface area contributed by atoms with E-state index in [0.717, 1.165) is 11.1 Å². The number of hydrogen-bond donors (Lipinski definition) is 4. The number of likely N-dealkylation sites (tertiary alicyclic amines) is 1. The van der Waals surface area contributed by atoms with Crippen LogP contribution < -0.4 is 21.3 Å². The van der Waals surface area contributed by atoms with Crippen LogP contribution in [0.5, 0.6) is 0 Å². The molecule has 0 unspecified atom stereocenters. The van der Waals surface area contributed by atoms with Crippen LogP contribution in [0.2, 0.25) is 0 Å². The van der Waals surface area contributed by atoms with Crippen molar-refractivity contribution in [2.24, 2.45) is 23.7 Å². The first-order valence-electron chi connectivity index (χ1n) is 24.2. The van der Waals surface area contributed by atoms with Crippen molar-refractivity contribution < 1.29 is 43.0 Å². The minimum absolute atomic E-state index is 0.0201. The molecule has 380 valence electrons. The van der Waals surface area contributed by atoms with E-state index in [-0.39, 0.29) is 60.8 Å². The largest absolute Gasteiger partial charge is 0.444 e. The van der Waals surface area contributed by atoms with E-state index in [1.807, 2.05) is 90.9 Å². The number of rotatable bonds is 24. The third-order valence-corrected chi connectivity index (χ3v) is 12.9. The Bertz CT molecular complexity index is 1930. The average molecular weight is 950 g/mol. The Morgan fingerprint density at radius 1 is 0.794 bits per heavy atom. The van der Waals surface area contributed by atoms with Crippen molar-refractivity contribution in [2.45, 2.75) is 156 Å². The molecule has 0 bridgehead atoms. The predicted octanol–water partition coefficient (Wildman–Crippen LogP) is 6.02. The van der Waals surface area contributed by atoms with Gasteiger partial charge < -0.3 is 40.0 Å². The molecule has 2 aromatic rings. The van der Waals surface area contributed by atoms with Gasteiger partial charge >= 0.3 is 6.09 Å². The summed E-state index contributed by atoms with van der Waals surface area (Å²) in [6.07, 6.45) is 0.290. The SMILES string of the molecule is CC[C@H](C)[C@@H]([C@@H](CC(=O)N1CCC[C@H]1[C@H](OC)[C@@H](C)C(=O)N[C@@H](Cc1ccccc1)C(=O)NCc1ccc(NC(=O)OC(C)(C)C)cc1)OC)N(C)C(=O)[C@@H](NC(=O)[C@H](C(C)C)N(C)C)C(C)C. The number of carbonyl (C=O) groups excluding carboxylic acids is 6. The summed E-state index contributed by atoms with van der Waals surface area (Å²) in [6.45, 7) is 19.6. The molecule has 0 aromatic heterocycles. The van der Waals surface area contributed by atoms with Gasteiger partial charge in [-0.25, -0.2) is 4.79 Å². The van der Waals surface area contributed by atoms with Crippen LogP contribution in [0.25, 0.3) is 0 Å². The number of nitrogens with one attached hydrogen (secondary N) is 4. The van der Waals surface area contributed by atoms with Gasteiger partial charge in [0.2, 0.25) is 29.5 Å². The first-order chi connectivity index (χ1) is 31.9. The third kappa shape index (κ3) is 16.6. The van der Waals surface area contributed by atoms with Gasteiger partial charge in [-0.3, -0.25) is 34.2 Å². The maximum atomic E-state index is 14.5. The molecule has 0 saturated carbocycles. The van der Waals surface area contributed by atoms with Gasteiger partial charge in [-0.05, 0) is 88.7 Å². The second-order valence-electron chi connectivity index (χ2n) is 20.3. The van der Waals surface area contributed by atoms with Crippen LogP contribution in [0.4, 0.5) is 10.5 Å². The highest BCUT2D eigenvalue weighted by atomic mass is 16.6. The molecule has 1 aliphatic heterocycles. The molecule has 16 nitrogen and oxygen atoms in total. The summed E-state index contributed by atoms with van der Waals surface area (Å²) in [4.78, 5) is 87.9. The number of carbonyl (C=O) groups is 6. The lowest BCUT2D eigenvalue weighted by molar-refractivity contribution is -0.148. The van der Waals surface area contributed by atoms with Crippen LogP contribution in [0.3, 0.4) is 0 Å². The zero-order chi connectivity index (χ0) is 51.0. The second-order valence-corrected chi connectivity index (χ2v) is 20.3. The minimum Gasteiger partial charge on any atom is -0.444 e. The molecule has 0 aliphatic carbocycles. The van der Waals surface area contributed by atoms with E-state index in [1.165, 1.54) is 7.11 Å². The summed E-state index contributed by atoms with van der Waals surface area (Å²) in [6, 6.07) is 13.4. The second kappa shape index (κ2) is 26.6. The van der Waals surface area contributed by atoms with E-state index >= 15 is 0 Å². The fourth-order valence-corrected chi connectivity index (χ4v) is 9.21. The number of anilines is 1. The van der Waals surface area contributed by atoms with Crippen LogP contribution in [0.1, 0.15) is 106 Å². The molecule has 4 N–H and O–H groups in total. The smallest absolute Gasteiger partial charge is 0.412 e. The predicted molar refractivity (Wildman–Crippen MR) is 265 cm³/mol. The standard InChI is InChI=1S/C52H83N7O9/c1-16-34(6)45(58(13)50(64)43(32(2)3)56-49(63)44(33(4)5)57(11)12)41(66-14)30-42(60)59-28-20-23-40(59)46(67-15)35(7)47(61)55-39(29-36-21-18-17-19-22-36)48(62)53-31-37-24-26-38(27-25-37)54-51(65)68-52(8,9)10/h17-19,21-22,24-27,32-35,39-41,43-46H,16,20,23,28-31H2,1-15H3,(H,53,62)(H,54,65)(H,55,61)(H,56,63)/t34-,35+,39-,40-,41+,43-,44-,45-,46+/m0/s1. The van der Waals surface area contributed by atoms with E-state index in [9.17, 15) is 28.8 Å². The third-order valence-electron chi connectivity index (χ3n) is 12.9. The maximum absolute atomic E-state index is 14.5. The van der Waals surface area contributed by atoms with Gasteiger partial charge in [-0.2, -0.15) is 0 Å². The number of nitrogens with zero attached hydrogens (tertiary/aromatic N) is 3. The number of methoxy groups -OCH3 is 2. The van der Waals surface area contributed by atoms with Gasteiger partial charge in [-0.15, -0.1) is 0 Å². The van der Waals surface area contributed by atoms with Gasteiger partial charge in [0.05, 0.1) is 42.7 Å². The summed E-state index contributed by atoms with van der Waals surface area (Å²) in [5.41, 5.74) is 1.54. The fourth-order valence-electron chi connectivity index (χ4n) is 9.21. The lowest BCUT2D eigenvalue weighted by Gasteiger charge is -2.41. The van der Waals surface area contributed by atoms with Crippen molar-refractivity contribution in [1.82, 2.24) is 30.7 Å². The van der Waals surface area contributed by atoms with Gasteiger partial charge in [0, 0.05) is 46.5 Å². The molecule has 1 fully saturated rings. The van der Waals surface area contributed by atoms with Crippen molar-refractivity contribution >= 4 is 41.3 Å². The zero-order valence-electron chi connectivity index (χ0n) is 43.5. The Labute approximate surface area is 406 Å². The van der Waals surface area contributed by atoms with Crippen molar-refractivity contribution in [3.63, 3.8) is 0 Å². The van der Waals surface area contributed by atoms with Crippen molar-refractivity contribution in [3.8, 4) is 0 Å². The quantitative estimate of drug-likeness (QED) is 0.0969. The minimum atomic E-state index is -0.924. The number of ether oxygens (including phenoxy) is 3. The van der Waals surface area contributed by atoms with E-state index in [1.54, 1.807) is 75.9 Å². The molecule has 1 heterocycles. The van der Waals surface area contributed by atoms with Crippen molar-refractivity contribution in [2.75, 3.05) is 47.2 Å². The molecule has 16 heteroatoms.